The first-order valence-electron chi connectivity index (χ1n) is 8.72. The zero-order valence-electron chi connectivity index (χ0n) is 16.4. The molecule has 0 unspecified atom stereocenters. The van der Waals surface area contributed by atoms with Crippen molar-refractivity contribution in [2.24, 2.45) is 0 Å². The fourth-order valence-corrected chi connectivity index (χ4v) is 2.46. The van der Waals surface area contributed by atoms with E-state index in [9.17, 15) is 9.59 Å². The third-order valence-electron chi connectivity index (χ3n) is 3.70. The average molecular weight is 384 g/mol. The molecule has 0 saturated heterocycles. The van der Waals surface area contributed by atoms with Crippen molar-refractivity contribution in [1.29, 1.82) is 0 Å². The maximum Gasteiger partial charge on any atom is 0.272 e. The van der Waals surface area contributed by atoms with Gasteiger partial charge >= 0.3 is 0 Å². The molecule has 2 aromatic carbocycles. The minimum Gasteiger partial charge on any atom is -0.494 e. The molecule has 0 spiro atoms. The summed E-state index contributed by atoms with van der Waals surface area (Å²) >= 11 is 0. The monoisotopic (exact) mass is 384 g/mol. The fraction of sp³-hybridized carbons (Fsp3) is 0.238. The van der Waals surface area contributed by atoms with E-state index in [-0.39, 0.29) is 11.6 Å². The molecule has 0 heterocycles. The lowest BCUT2D eigenvalue weighted by atomic mass is 10.1. The second-order valence-electron chi connectivity index (χ2n) is 5.77. The van der Waals surface area contributed by atoms with Crippen LogP contribution in [0.4, 0.5) is 5.69 Å². The number of nitrogens with one attached hydrogen (secondary N) is 2. The Morgan fingerprint density at radius 1 is 1.00 bits per heavy atom. The highest BCUT2D eigenvalue weighted by atomic mass is 16.5. The van der Waals surface area contributed by atoms with Gasteiger partial charge in [-0.3, -0.25) is 9.59 Å². The maximum atomic E-state index is 12.7. The Morgan fingerprint density at radius 2 is 1.68 bits per heavy atom. The van der Waals surface area contributed by atoms with E-state index < -0.39 is 5.91 Å². The van der Waals surface area contributed by atoms with E-state index in [0.29, 0.717) is 35.1 Å². The summed E-state index contributed by atoms with van der Waals surface area (Å²) in [7, 11) is 3.07. The Hall–Kier alpha value is -3.48. The highest BCUT2D eigenvalue weighted by molar-refractivity contribution is 6.08. The minimum atomic E-state index is -0.450. The number of benzene rings is 2. The summed E-state index contributed by atoms with van der Waals surface area (Å²) in [6, 6.07) is 12.2. The second-order valence-corrected chi connectivity index (χ2v) is 5.77. The fourth-order valence-electron chi connectivity index (χ4n) is 2.46. The van der Waals surface area contributed by atoms with Crippen LogP contribution < -0.4 is 24.8 Å². The molecular weight excluding hydrogens is 360 g/mol. The van der Waals surface area contributed by atoms with E-state index in [0.717, 1.165) is 0 Å². The number of ether oxygens (including phenoxy) is 3. The molecule has 0 atom stereocenters. The van der Waals surface area contributed by atoms with E-state index in [4.69, 9.17) is 14.2 Å². The third kappa shape index (κ3) is 5.77. The lowest BCUT2D eigenvalue weighted by Crippen LogP contribution is -2.28. The van der Waals surface area contributed by atoms with Crippen LogP contribution in [0.2, 0.25) is 0 Å². The van der Waals surface area contributed by atoms with Gasteiger partial charge in [0.05, 0.1) is 20.8 Å². The van der Waals surface area contributed by atoms with Gasteiger partial charge in [0.1, 0.15) is 11.4 Å². The lowest BCUT2D eigenvalue weighted by molar-refractivity contribution is -0.120. The van der Waals surface area contributed by atoms with E-state index in [1.54, 1.807) is 55.7 Å². The standard InChI is InChI=1S/C21H24N2O5/c1-5-28-17-9-7-16(8-10-17)23-21(25)18(22-14(2)24)12-15-6-11-19(26-3)20(13-15)27-4/h6-13H,5H2,1-4H3,(H,22,24)(H,23,25)/b18-12+. The average Bonchev–Trinajstić information content (AvgIpc) is 2.68. The number of hydrogen-bond acceptors (Lipinski definition) is 5. The zero-order chi connectivity index (χ0) is 20.5. The van der Waals surface area contributed by atoms with Gasteiger partial charge in [0.15, 0.2) is 11.5 Å². The number of amides is 2. The topological polar surface area (TPSA) is 85.9 Å². The molecule has 2 rings (SSSR count). The predicted octanol–water partition coefficient (Wildman–Crippen LogP) is 3.22. The molecule has 2 amide bonds. The normalized spacial score (nSPS) is 10.8. The molecule has 0 aromatic heterocycles. The molecule has 0 bridgehead atoms. The zero-order valence-corrected chi connectivity index (χ0v) is 16.4. The Bertz CT molecular complexity index is 860. The largest absolute Gasteiger partial charge is 0.494 e. The number of hydrogen-bond donors (Lipinski definition) is 2. The van der Waals surface area contributed by atoms with Crippen LogP contribution >= 0.6 is 0 Å². The lowest BCUT2D eigenvalue weighted by Gasteiger charge is -2.12. The van der Waals surface area contributed by atoms with Crippen LogP contribution in [-0.4, -0.2) is 32.6 Å². The summed E-state index contributed by atoms with van der Waals surface area (Å²) in [6.45, 7) is 3.80. The predicted molar refractivity (Wildman–Crippen MR) is 108 cm³/mol. The van der Waals surface area contributed by atoms with Gasteiger partial charge in [-0.15, -0.1) is 0 Å². The SMILES string of the molecule is CCOc1ccc(NC(=O)/C(=C\c2ccc(OC)c(OC)c2)NC(C)=O)cc1. The van der Waals surface area contributed by atoms with Crippen molar-refractivity contribution in [3.8, 4) is 17.2 Å². The minimum absolute atomic E-state index is 0.105. The molecule has 2 aromatic rings. The van der Waals surface area contributed by atoms with Crippen molar-refractivity contribution in [2.75, 3.05) is 26.1 Å². The smallest absolute Gasteiger partial charge is 0.272 e. The highest BCUT2D eigenvalue weighted by Gasteiger charge is 2.13. The number of carbonyl (C=O) groups is 2. The molecule has 148 valence electrons. The van der Waals surface area contributed by atoms with Gasteiger partial charge in [-0.25, -0.2) is 0 Å². The van der Waals surface area contributed by atoms with Gasteiger partial charge in [0.25, 0.3) is 5.91 Å². The molecule has 28 heavy (non-hydrogen) atoms. The summed E-state index contributed by atoms with van der Waals surface area (Å²) in [4.78, 5) is 24.2. The molecule has 0 aliphatic carbocycles. The molecule has 0 aliphatic rings. The van der Waals surface area contributed by atoms with E-state index in [1.165, 1.54) is 14.0 Å². The molecule has 0 radical (unpaired) electrons. The first kappa shape index (κ1) is 20.8. The van der Waals surface area contributed by atoms with Crippen LogP contribution in [0.25, 0.3) is 6.08 Å². The Morgan fingerprint density at radius 3 is 2.25 bits per heavy atom. The molecule has 7 nitrogen and oxygen atoms in total. The highest BCUT2D eigenvalue weighted by Crippen LogP contribution is 2.28. The number of carbonyl (C=O) groups excluding carboxylic acids is 2. The van der Waals surface area contributed by atoms with Crippen LogP contribution in [0.5, 0.6) is 17.2 Å². The van der Waals surface area contributed by atoms with Crippen molar-refractivity contribution in [3.05, 3.63) is 53.7 Å². The van der Waals surface area contributed by atoms with Crippen molar-refractivity contribution in [3.63, 3.8) is 0 Å². The quantitative estimate of drug-likeness (QED) is 0.683. The van der Waals surface area contributed by atoms with Gasteiger partial charge < -0.3 is 24.8 Å². The van der Waals surface area contributed by atoms with Gasteiger partial charge in [-0.2, -0.15) is 0 Å². The molecule has 0 saturated carbocycles. The van der Waals surface area contributed by atoms with Gasteiger partial charge in [-0.05, 0) is 55.0 Å². The summed E-state index contributed by atoms with van der Waals surface area (Å²) in [5.74, 6) is 0.996. The Kier molecular flexibility index (Phi) is 7.45. The van der Waals surface area contributed by atoms with Crippen LogP contribution in [0.15, 0.2) is 48.2 Å². The van der Waals surface area contributed by atoms with Crippen molar-refractivity contribution in [1.82, 2.24) is 5.32 Å². The molecule has 7 heteroatoms. The maximum absolute atomic E-state index is 12.7. The number of rotatable bonds is 8. The number of methoxy groups -OCH3 is 2. The van der Waals surface area contributed by atoms with Crippen LogP contribution in [0, 0.1) is 0 Å². The van der Waals surface area contributed by atoms with Crippen molar-refractivity contribution in [2.45, 2.75) is 13.8 Å². The third-order valence-corrected chi connectivity index (χ3v) is 3.70. The van der Waals surface area contributed by atoms with Crippen LogP contribution in [0.1, 0.15) is 19.4 Å². The number of anilines is 1. The summed E-state index contributed by atoms with van der Waals surface area (Å²) < 4.78 is 15.9. The molecule has 0 fully saturated rings. The van der Waals surface area contributed by atoms with E-state index in [1.807, 2.05) is 6.92 Å². The first-order valence-corrected chi connectivity index (χ1v) is 8.72. The Balaban J connectivity index is 2.25. The second kappa shape index (κ2) is 10.0. The summed E-state index contributed by atoms with van der Waals surface area (Å²) in [5, 5.41) is 5.31. The molecular formula is C21H24N2O5. The first-order chi connectivity index (χ1) is 13.5. The van der Waals surface area contributed by atoms with Crippen molar-refractivity contribution < 1.29 is 23.8 Å². The van der Waals surface area contributed by atoms with Crippen LogP contribution in [-0.2, 0) is 9.59 Å². The van der Waals surface area contributed by atoms with Crippen LogP contribution in [0.3, 0.4) is 0 Å². The summed E-state index contributed by atoms with van der Waals surface area (Å²) in [6.07, 6.45) is 1.56. The van der Waals surface area contributed by atoms with Gasteiger partial charge in [0, 0.05) is 12.6 Å². The summed E-state index contributed by atoms with van der Waals surface area (Å²) in [5.41, 5.74) is 1.36. The Labute approximate surface area is 164 Å². The van der Waals surface area contributed by atoms with Crippen molar-refractivity contribution >= 4 is 23.6 Å². The molecule has 0 aliphatic heterocycles. The van der Waals surface area contributed by atoms with E-state index in [2.05, 4.69) is 10.6 Å². The van der Waals surface area contributed by atoms with Gasteiger partial charge in [-0.1, -0.05) is 6.07 Å². The van der Waals surface area contributed by atoms with Gasteiger partial charge in [0.2, 0.25) is 5.91 Å². The van der Waals surface area contributed by atoms with E-state index >= 15 is 0 Å². The molecule has 2 N–H and O–H groups in total.